The number of nitriles is 1. The van der Waals surface area contributed by atoms with E-state index in [1.54, 1.807) is 0 Å². The summed E-state index contributed by atoms with van der Waals surface area (Å²) in [6.45, 7) is 2.19. The van der Waals surface area contributed by atoms with Crippen LogP contribution in [0.2, 0.25) is 0 Å². The second kappa shape index (κ2) is 7.08. The van der Waals surface area contributed by atoms with Gasteiger partial charge in [-0.1, -0.05) is 48.5 Å². The molecule has 0 bridgehead atoms. The molecule has 0 aliphatic rings. The Morgan fingerprint density at radius 3 is 2.60 bits per heavy atom. The number of rotatable bonds is 5. The van der Waals surface area contributed by atoms with Crippen molar-refractivity contribution < 1.29 is 0 Å². The van der Waals surface area contributed by atoms with Crippen LogP contribution in [0.1, 0.15) is 39.0 Å². The number of halogens is 1. The van der Waals surface area contributed by atoms with E-state index in [1.165, 1.54) is 25.7 Å². The molecule has 1 atom stereocenters. The van der Waals surface area contributed by atoms with Crippen LogP contribution >= 0.6 is 15.9 Å². The third-order valence-corrected chi connectivity index (χ3v) is 2.11. The first-order valence-electron chi connectivity index (χ1n) is 3.85. The average Bonchev–Trinajstić information content (AvgIpc) is 1.98. The molecule has 0 saturated heterocycles. The zero-order chi connectivity index (χ0) is 7.82. The monoisotopic (exact) mass is 203 g/mol. The van der Waals surface area contributed by atoms with E-state index in [4.69, 9.17) is 5.26 Å². The highest BCUT2D eigenvalue weighted by Gasteiger charge is 1.98. The first-order valence-corrected chi connectivity index (χ1v) is 4.76. The van der Waals surface area contributed by atoms with Crippen LogP contribution in [-0.4, -0.2) is 4.83 Å². The van der Waals surface area contributed by atoms with Crippen LogP contribution < -0.4 is 0 Å². The Morgan fingerprint density at radius 2 is 2.10 bits per heavy atom. The SMILES string of the molecule is CCCCCCC(Br)C#N. The van der Waals surface area contributed by atoms with Gasteiger partial charge in [-0.15, -0.1) is 0 Å². The van der Waals surface area contributed by atoms with Gasteiger partial charge >= 0.3 is 0 Å². The van der Waals surface area contributed by atoms with Crippen molar-refractivity contribution in [3.05, 3.63) is 0 Å². The lowest BCUT2D eigenvalue weighted by Gasteiger charge is -1.98. The molecule has 0 amide bonds. The van der Waals surface area contributed by atoms with E-state index in [9.17, 15) is 0 Å². The fourth-order valence-electron chi connectivity index (χ4n) is 0.815. The van der Waals surface area contributed by atoms with E-state index in [0.29, 0.717) is 0 Å². The van der Waals surface area contributed by atoms with E-state index < -0.39 is 0 Å². The van der Waals surface area contributed by atoms with Gasteiger partial charge in [0.15, 0.2) is 0 Å². The average molecular weight is 204 g/mol. The van der Waals surface area contributed by atoms with Gasteiger partial charge in [-0.3, -0.25) is 0 Å². The molecule has 1 nitrogen and oxygen atoms in total. The summed E-state index contributed by atoms with van der Waals surface area (Å²) in [5, 5.41) is 8.39. The minimum absolute atomic E-state index is 0.0735. The molecule has 0 rings (SSSR count). The van der Waals surface area contributed by atoms with Crippen molar-refractivity contribution in [1.29, 1.82) is 5.26 Å². The Balaban J connectivity index is 2.98. The quantitative estimate of drug-likeness (QED) is 0.498. The molecule has 58 valence electrons. The van der Waals surface area contributed by atoms with Gasteiger partial charge in [0.25, 0.3) is 0 Å². The fourth-order valence-corrected chi connectivity index (χ4v) is 1.14. The van der Waals surface area contributed by atoms with Crippen LogP contribution in [0.3, 0.4) is 0 Å². The first-order chi connectivity index (χ1) is 4.81. The Morgan fingerprint density at radius 1 is 1.40 bits per heavy atom. The summed E-state index contributed by atoms with van der Waals surface area (Å²) in [5.74, 6) is 0. The molecule has 2 heteroatoms. The normalized spacial score (nSPS) is 12.5. The minimum atomic E-state index is 0.0735. The van der Waals surface area contributed by atoms with Crippen LogP contribution in [-0.2, 0) is 0 Å². The van der Waals surface area contributed by atoms with Crippen molar-refractivity contribution in [2.24, 2.45) is 0 Å². The topological polar surface area (TPSA) is 23.8 Å². The van der Waals surface area contributed by atoms with E-state index in [2.05, 4.69) is 28.9 Å². The second-order valence-electron chi connectivity index (χ2n) is 2.45. The number of unbranched alkanes of at least 4 members (excludes halogenated alkanes) is 3. The number of alkyl halides is 1. The molecule has 0 heterocycles. The molecule has 10 heavy (non-hydrogen) atoms. The van der Waals surface area contributed by atoms with Crippen LogP contribution in [0.25, 0.3) is 0 Å². The summed E-state index contributed by atoms with van der Waals surface area (Å²) >= 11 is 3.27. The zero-order valence-electron chi connectivity index (χ0n) is 6.44. The predicted octanol–water partition coefficient (Wildman–Crippen LogP) is 3.24. The predicted molar refractivity (Wildman–Crippen MR) is 47.1 cm³/mol. The number of hydrogen-bond donors (Lipinski definition) is 0. The van der Waals surface area contributed by atoms with Gasteiger partial charge in [-0.05, 0) is 6.42 Å². The van der Waals surface area contributed by atoms with E-state index >= 15 is 0 Å². The summed E-state index contributed by atoms with van der Waals surface area (Å²) in [6.07, 6.45) is 6.00. The zero-order valence-corrected chi connectivity index (χ0v) is 8.02. The van der Waals surface area contributed by atoms with Crippen molar-refractivity contribution in [2.45, 2.75) is 43.9 Å². The van der Waals surface area contributed by atoms with Gasteiger partial charge in [0.2, 0.25) is 0 Å². The van der Waals surface area contributed by atoms with Crippen LogP contribution in [0.5, 0.6) is 0 Å². The fraction of sp³-hybridized carbons (Fsp3) is 0.875. The highest BCUT2D eigenvalue weighted by Crippen LogP contribution is 2.10. The Labute approximate surface area is 71.6 Å². The number of hydrogen-bond acceptors (Lipinski definition) is 1. The van der Waals surface area contributed by atoms with Crippen molar-refractivity contribution in [2.75, 3.05) is 0 Å². The minimum Gasteiger partial charge on any atom is -0.197 e. The van der Waals surface area contributed by atoms with Crippen molar-refractivity contribution in [3.8, 4) is 6.07 Å². The highest BCUT2D eigenvalue weighted by molar-refractivity contribution is 9.09. The van der Waals surface area contributed by atoms with E-state index in [-0.39, 0.29) is 4.83 Å². The Kier molecular flexibility index (Phi) is 7.06. The third kappa shape index (κ3) is 6.10. The smallest absolute Gasteiger partial charge is 0.101 e. The molecule has 0 radical (unpaired) electrons. The maximum absolute atomic E-state index is 8.39. The summed E-state index contributed by atoms with van der Waals surface area (Å²) in [4.78, 5) is 0.0735. The van der Waals surface area contributed by atoms with Gasteiger partial charge in [0.1, 0.15) is 4.83 Å². The molecular weight excluding hydrogens is 190 g/mol. The molecule has 0 aliphatic heterocycles. The molecule has 1 unspecified atom stereocenters. The van der Waals surface area contributed by atoms with Crippen molar-refractivity contribution in [1.82, 2.24) is 0 Å². The lowest BCUT2D eigenvalue weighted by atomic mass is 10.1. The summed E-state index contributed by atoms with van der Waals surface area (Å²) < 4.78 is 0. The van der Waals surface area contributed by atoms with Crippen LogP contribution in [0, 0.1) is 11.3 Å². The second-order valence-corrected chi connectivity index (χ2v) is 3.55. The highest BCUT2D eigenvalue weighted by atomic mass is 79.9. The molecule has 0 aromatic rings. The molecule has 0 aromatic heterocycles. The maximum atomic E-state index is 8.39. The Bertz CT molecular complexity index is 106. The molecule has 0 spiro atoms. The van der Waals surface area contributed by atoms with Gasteiger partial charge in [0.05, 0.1) is 6.07 Å². The van der Waals surface area contributed by atoms with Crippen LogP contribution in [0.15, 0.2) is 0 Å². The standard InChI is InChI=1S/C8H14BrN/c1-2-3-4-5-6-8(9)7-10/h8H,2-6H2,1H3. The Hall–Kier alpha value is -0.0300. The summed E-state index contributed by atoms with van der Waals surface area (Å²) in [5.41, 5.74) is 0. The molecule has 0 N–H and O–H groups in total. The third-order valence-electron chi connectivity index (χ3n) is 1.45. The first kappa shape index (κ1) is 9.97. The molecule has 0 fully saturated rings. The lowest BCUT2D eigenvalue weighted by Crippen LogP contribution is -1.91. The van der Waals surface area contributed by atoms with Gasteiger partial charge in [-0.2, -0.15) is 5.26 Å². The van der Waals surface area contributed by atoms with Gasteiger partial charge < -0.3 is 0 Å². The van der Waals surface area contributed by atoms with Crippen molar-refractivity contribution in [3.63, 3.8) is 0 Å². The molecule has 0 saturated carbocycles. The van der Waals surface area contributed by atoms with E-state index in [1.807, 2.05) is 0 Å². The molecule has 0 aromatic carbocycles. The summed E-state index contributed by atoms with van der Waals surface area (Å²) in [6, 6.07) is 2.16. The van der Waals surface area contributed by atoms with Gasteiger partial charge in [0, 0.05) is 0 Å². The van der Waals surface area contributed by atoms with Crippen LogP contribution in [0.4, 0.5) is 0 Å². The van der Waals surface area contributed by atoms with Gasteiger partial charge in [-0.25, -0.2) is 0 Å². The lowest BCUT2D eigenvalue weighted by molar-refractivity contribution is 0.646. The molecule has 0 aliphatic carbocycles. The summed E-state index contributed by atoms with van der Waals surface area (Å²) in [7, 11) is 0. The van der Waals surface area contributed by atoms with E-state index in [0.717, 1.165) is 6.42 Å². The number of nitrogens with zero attached hydrogens (tertiary/aromatic N) is 1. The molecular formula is C8H14BrN. The largest absolute Gasteiger partial charge is 0.197 e. The van der Waals surface area contributed by atoms with Crippen molar-refractivity contribution >= 4 is 15.9 Å². The maximum Gasteiger partial charge on any atom is 0.101 e.